The summed E-state index contributed by atoms with van der Waals surface area (Å²) in [6.45, 7) is 5.26. The minimum absolute atomic E-state index is 0.231. The fourth-order valence-corrected chi connectivity index (χ4v) is 2.59. The molecular formula is C14H23FIN3. The van der Waals surface area contributed by atoms with Crippen LogP contribution in [0, 0.1) is 15.3 Å². The van der Waals surface area contributed by atoms with Gasteiger partial charge in [-0.15, -0.1) is 0 Å². The molecule has 1 rings (SSSR count). The quantitative estimate of drug-likeness (QED) is 0.588. The van der Waals surface area contributed by atoms with E-state index in [0.29, 0.717) is 20.9 Å². The number of hydrogen-bond acceptors (Lipinski definition) is 3. The topological polar surface area (TPSA) is 41.3 Å². The summed E-state index contributed by atoms with van der Waals surface area (Å²) < 4.78 is 14.2. The Hall–Kier alpha value is -0.560. The maximum absolute atomic E-state index is 13.6. The minimum atomic E-state index is -0.231. The first kappa shape index (κ1) is 16.5. The van der Waals surface area contributed by atoms with Crippen LogP contribution >= 0.6 is 22.6 Å². The molecule has 3 nitrogen and oxygen atoms in total. The summed E-state index contributed by atoms with van der Waals surface area (Å²) in [4.78, 5) is 2.12. The van der Waals surface area contributed by atoms with E-state index in [9.17, 15) is 4.39 Å². The van der Waals surface area contributed by atoms with Gasteiger partial charge in [0.2, 0.25) is 0 Å². The Morgan fingerprint density at radius 3 is 2.53 bits per heavy atom. The molecule has 0 bridgehead atoms. The van der Waals surface area contributed by atoms with Crippen LogP contribution in [0.2, 0.25) is 0 Å². The minimum Gasteiger partial charge on any atom is -0.397 e. The average molecular weight is 379 g/mol. The summed E-state index contributed by atoms with van der Waals surface area (Å²) in [5.41, 5.74) is 7.23. The third-order valence-electron chi connectivity index (χ3n) is 2.79. The molecule has 0 heterocycles. The van der Waals surface area contributed by atoms with Gasteiger partial charge in [0.25, 0.3) is 0 Å². The second-order valence-corrected chi connectivity index (χ2v) is 6.75. The van der Waals surface area contributed by atoms with E-state index in [0.717, 1.165) is 13.0 Å². The van der Waals surface area contributed by atoms with E-state index in [1.807, 2.05) is 36.7 Å². The second-order valence-electron chi connectivity index (χ2n) is 5.59. The normalized spacial score (nSPS) is 13.1. The molecule has 5 heteroatoms. The lowest BCUT2D eigenvalue weighted by Gasteiger charge is -2.25. The summed E-state index contributed by atoms with van der Waals surface area (Å²) in [7, 11) is 4.07. The van der Waals surface area contributed by atoms with Gasteiger partial charge in [0.05, 0.1) is 14.9 Å². The Kier molecular flexibility index (Phi) is 6.32. The molecule has 0 aliphatic carbocycles. The first-order valence-corrected chi connectivity index (χ1v) is 7.53. The molecule has 1 atom stereocenters. The van der Waals surface area contributed by atoms with Gasteiger partial charge in [-0.25, -0.2) is 4.39 Å². The highest BCUT2D eigenvalue weighted by Crippen LogP contribution is 2.25. The Balaban J connectivity index is 2.86. The van der Waals surface area contributed by atoms with Gasteiger partial charge in [-0.1, -0.05) is 13.8 Å². The Morgan fingerprint density at radius 1 is 1.37 bits per heavy atom. The van der Waals surface area contributed by atoms with Crippen LogP contribution in [0.3, 0.4) is 0 Å². The Bertz CT molecular complexity index is 411. The van der Waals surface area contributed by atoms with Gasteiger partial charge in [0.1, 0.15) is 5.82 Å². The summed E-state index contributed by atoms with van der Waals surface area (Å²) in [6.07, 6.45) is 1.02. The van der Waals surface area contributed by atoms with Crippen molar-refractivity contribution in [1.82, 2.24) is 4.90 Å². The molecule has 1 aromatic carbocycles. The van der Waals surface area contributed by atoms with Gasteiger partial charge in [-0.05, 0) is 55.1 Å². The molecule has 0 aliphatic heterocycles. The van der Waals surface area contributed by atoms with Crippen LogP contribution in [0.4, 0.5) is 15.8 Å². The van der Waals surface area contributed by atoms with E-state index < -0.39 is 0 Å². The highest BCUT2D eigenvalue weighted by Gasteiger charge is 2.14. The lowest BCUT2D eigenvalue weighted by molar-refractivity contribution is 0.356. The average Bonchev–Trinajstić information content (AvgIpc) is 2.23. The van der Waals surface area contributed by atoms with Crippen LogP contribution in [0.25, 0.3) is 0 Å². The van der Waals surface area contributed by atoms with Crippen LogP contribution in [0.15, 0.2) is 12.1 Å². The predicted octanol–water partition coefficient (Wildman–Crippen LogP) is 3.40. The zero-order chi connectivity index (χ0) is 14.6. The van der Waals surface area contributed by atoms with Crippen molar-refractivity contribution < 1.29 is 4.39 Å². The summed E-state index contributed by atoms with van der Waals surface area (Å²) >= 11 is 1.95. The molecule has 0 amide bonds. The second kappa shape index (κ2) is 7.28. The van der Waals surface area contributed by atoms with Gasteiger partial charge >= 0.3 is 0 Å². The van der Waals surface area contributed by atoms with Crippen molar-refractivity contribution >= 4 is 34.0 Å². The zero-order valence-electron chi connectivity index (χ0n) is 12.0. The molecule has 0 aromatic heterocycles. The maximum atomic E-state index is 13.6. The molecule has 108 valence electrons. The molecule has 3 N–H and O–H groups in total. The zero-order valence-corrected chi connectivity index (χ0v) is 14.2. The third-order valence-corrected chi connectivity index (χ3v) is 3.62. The number of likely N-dealkylation sites (N-methyl/N-ethyl adjacent to an activating group) is 1. The molecule has 0 radical (unpaired) electrons. The van der Waals surface area contributed by atoms with Gasteiger partial charge in [0.15, 0.2) is 0 Å². The molecule has 0 saturated heterocycles. The fraction of sp³-hybridized carbons (Fsp3) is 0.571. The number of nitrogens with zero attached hydrogens (tertiary/aromatic N) is 1. The molecule has 0 fully saturated rings. The van der Waals surface area contributed by atoms with Crippen molar-refractivity contribution in [3.63, 3.8) is 0 Å². The fourth-order valence-electron chi connectivity index (χ4n) is 2.10. The molecular weight excluding hydrogens is 356 g/mol. The standard InChI is InChI=1S/C14H23FIN3/c1-9(2)5-10(8-19(3)4)18-14-6-11(15)12(16)7-13(14)17/h6-7,9-10,18H,5,8,17H2,1-4H3. The number of halogens is 2. The van der Waals surface area contributed by atoms with Crippen molar-refractivity contribution in [2.75, 3.05) is 31.7 Å². The van der Waals surface area contributed by atoms with E-state index in [4.69, 9.17) is 5.73 Å². The number of hydrogen-bond donors (Lipinski definition) is 2. The maximum Gasteiger partial charge on any atom is 0.138 e. The highest BCUT2D eigenvalue weighted by molar-refractivity contribution is 14.1. The van der Waals surface area contributed by atoms with Gasteiger partial charge in [0, 0.05) is 18.7 Å². The SMILES string of the molecule is CC(C)CC(CN(C)C)Nc1cc(F)c(I)cc1N. The van der Waals surface area contributed by atoms with E-state index in [1.54, 1.807) is 6.07 Å². The molecule has 0 saturated carbocycles. The lowest BCUT2D eigenvalue weighted by atomic mass is 10.0. The van der Waals surface area contributed by atoms with Crippen LogP contribution in [-0.2, 0) is 0 Å². The number of benzene rings is 1. The highest BCUT2D eigenvalue weighted by atomic mass is 127. The molecule has 0 aliphatic rings. The van der Waals surface area contributed by atoms with Crippen LogP contribution in [0.5, 0.6) is 0 Å². The van der Waals surface area contributed by atoms with Gasteiger partial charge in [-0.3, -0.25) is 0 Å². The van der Waals surface area contributed by atoms with Crippen LogP contribution in [0.1, 0.15) is 20.3 Å². The van der Waals surface area contributed by atoms with Crippen LogP contribution < -0.4 is 11.1 Å². The van der Waals surface area contributed by atoms with E-state index >= 15 is 0 Å². The summed E-state index contributed by atoms with van der Waals surface area (Å²) in [5, 5.41) is 3.37. The van der Waals surface area contributed by atoms with Crippen molar-refractivity contribution in [3.05, 3.63) is 21.5 Å². The van der Waals surface area contributed by atoms with Crippen LogP contribution in [-0.4, -0.2) is 31.6 Å². The lowest BCUT2D eigenvalue weighted by Crippen LogP contribution is -2.33. The number of anilines is 2. The first-order chi connectivity index (χ1) is 8.79. The van der Waals surface area contributed by atoms with E-state index in [-0.39, 0.29) is 11.9 Å². The molecule has 1 unspecified atom stereocenters. The molecule has 19 heavy (non-hydrogen) atoms. The largest absolute Gasteiger partial charge is 0.397 e. The molecule has 0 spiro atoms. The first-order valence-electron chi connectivity index (χ1n) is 6.45. The Morgan fingerprint density at radius 2 is 2.00 bits per heavy atom. The number of nitrogens with two attached hydrogens (primary N) is 1. The van der Waals surface area contributed by atoms with Gasteiger partial charge in [-0.2, -0.15) is 0 Å². The smallest absolute Gasteiger partial charge is 0.138 e. The van der Waals surface area contributed by atoms with E-state index in [2.05, 4.69) is 24.1 Å². The summed E-state index contributed by atoms with van der Waals surface area (Å²) in [6, 6.07) is 3.41. The monoisotopic (exact) mass is 379 g/mol. The Labute approximate surface area is 128 Å². The third kappa shape index (κ3) is 5.52. The summed E-state index contributed by atoms with van der Waals surface area (Å²) in [5.74, 6) is 0.345. The number of nitrogens with one attached hydrogen (secondary N) is 1. The van der Waals surface area contributed by atoms with E-state index in [1.165, 1.54) is 6.07 Å². The van der Waals surface area contributed by atoms with Crippen molar-refractivity contribution in [2.24, 2.45) is 5.92 Å². The number of nitrogen functional groups attached to an aromatic ring is 1. The van der Waals surface area contributed by atoms with Crippen molar-refractivity contribution in [3.8, 4) is 0 Å². The van der Waals surface area contributed by atoms with Crippen molar-refractivity contribution in [1.29, 1.82) is 0 Å². The predicted molar refractivity (Wildman–Crippen MR) is 88.9 cm³/mol. The van der Waals surface area contributed by atoms with Gasteiger partial charge < -0.3 is 16.0 Å². The van der Waals surface area contributed by atoms with Crippen molar-refractivity contribution in [2.45, 2.75) is 26.3 Å². The number of rotatable bonds is 6. The molecule has 1 aromatic rings.